The molecule has 36 heavy (non-hydrogen) atoms. The zero-order valence-corrected chi connectivity index (χ0v) is 19.6. The van der Waals surface area contributed by atoms with Gasteiger partial charge >= 0.3 is 0 Å². The molecule has 0 bridgehead atoms. The minimum absolute atomic E-state index is 0.0317. The second-order valence-electron chi connectivity index (χ2n) is 7.90. The molecular weight excluding hydrogens is 466 g/mol. The van der Waals surface area contributed by atoms with Gasteiger partial charge in [0.15, 0.2) is 18.1 Å². The topological polar surface area (TPSA) is 121 Å². The fraction of sp³-hybridized carbons (Fsp3) is 0.192. The SMILES string of the molecule is COc1ccc(C2CC(c3ccc([N+](=O)[O-])cc3)=NN2C(=O)COc2ccc(C=O)cc2)cc1OC. The van der Waals surface area contributed by atoms with Crippen molar-refractivity contribution in [2.45, 2.75) is 12.5 Å². The molecule has 1 atom stereocenters. The van der Waals surface area contributed by atoms with Gasteiger partial charge in [0.2, 0.25) is 0 Å². The number of rotatable bonds is 9. The average Bonchev–Trinajstić information content (AvgIpc) is 3.37. The quantitative estimate of drug-likeness (QED) is 0.251. The third-order valence-corrected chi connectivity index (χ3v) is 5.75. The van der Waals surface area contributed by atoms with E-state index in [4.69, 9.17) is 14.2 Å². The number of benzene rings is 3. The van der Waals surface area contributed by atoms with Gasteiger partial charge in [-0.05, 0) is 59.7 Å². The predicted octanol–water partition coefficient (Wildman–Crippen LogP) is 4.18. The summed E-state index contributed by atoms with van der Waals surface area (Å²) in [6, 6.07) is 17.4. The Bertz CT molecular complexity index is 1300. The Morgan fingerprint density at radius 1 is 1.06 bits per heavy atom. The average molecular weight is 489 g/mol. The molecule has 1 aliphatic rings. The van der Waals surface area contributed by atoms with E-state index in [1.165, 1.54) is 31.4 Å². The molecule has 10 nitrogen and oxygen atoms in total. The number of carbonyl (C=O) groups is 2. The monoisotopic (exact) mass is 489 g/mol. The molecule has 1 aliphatic heterocycles. The van der Waals surface area contributed by atoms with Gasteiger partial charge in [-0.2, -0.15) is 5.10 Å². The fourth-order valence-electron chi connectivity index (χ4n) is 3.86. The van der Waals surface area contributed by atoms with Gasteiger partial charge in [0.1, 0.15) is 12.0 Å². The van der Waals surface area contributed by atoms with Crippen LogP contribution in [0.2, 0.25) is 0 Å². The maximum atomic E-state index is 13.2. The third-order valence-electron chi connectivity index (χ3n) is 5.75. The first kappa shape index (κ1) is 24.4. The second-order valence-corrected chi connectivity index (χ2v) is 7.90. The molecular formula is C26H23N3O7. The van der Waals surface area contributed by atoms with E-state index in [1.807, 2.05) is 6.07 Å². The minimum atomic E-state index is -0.471. The van der Waals surface area contributed by atoms with Crippen molar-refractivity contribution in [1.29, 1.82) is 0 Å². The lowest BCUT2D eigenvalue weighted by Gasteiger charge is -2.23. The molecule has 0 saturated heterocycles. The first-order valence-corrected chi connectivity index (χ1v) is 11.0. The minimum Gasteiger partial charge on any atom is -0.493 e. The smallest absolute Gasteiger partial charge is 0.281 e. The van der Waals surface area contributed by atoms with Gasteiger partial charge in [0.05, 0.1) is 30.9 Å². The van der Waals surface area contributed by atoms with Crippen LogP contribution in [0, 0.1) is 10.1 Å². The van der Waals surface area contributed by atoms with Gasteiger partial charge < -0.3 is 14.2 Å². The van der Waals surface area contributed by atoms with Crippen molar-refractivity contribution in [1.82, 2.24) is 5.01 Å². The Morgan fingerprint density at radius 2 is 1.75 bits per heavy atom. The number of non-ortho nitro benzene ring substituents is 1. The van der Waals surface area contributed by atoms with Crippen LogP contribution in [0.5, 0.6) is 17.2 Å². The summed E-state index contributed by atoms with van der Waals surface area (Å²) < 4.78 is 16.4. The lowest BCUT2D eigenvalue weighted by Crippen LogP contribution is -2.31. The molecule has 0 aliphatic carbocycles. The van der Waals surface area contributed by atoms with Crippen LogP contribution in [0.4, 0.5) is 5.69 Å². The molecule has 4 rings (SSSR count). The van der Waals surface area contributed by atoms with Gasteiger partial charge in [-0.15, -0.1) is 0 Å². The van der Waals surface area contributed by atoms with Crippen molar-refractivity contribution in [3.8, 4) is 17.2 Å². The summed E-state index contributed by atoms with van der Waals surface area (Å²) >= 11 is 0. The number of methoxy groups -OCH3 is 2. The van der Waals surface area contributed by atoms with Gasteiger partial charge in [-0.3, -0.25) is 19.7 Å². The third kappa shape index (κ3) is 5.17. The number of nitro groups is 1. The van der Waals surface area contributed by atoms with Crippen molar-refractivity contribution < 1.29 is 28.7 Å². The molecule has 3 aromatic rings. The second kappa shape index (κ2) is 10.7. The van der Waals surface area contributed by atoms with Gasteiger partial charge in [0.25, 0.3) is 11.6 Å². The lowest BCUT2D eigenvalue weighted by atomic mass is 9.98. The van der Waals surface area contributed by atoms with Crippen LogP contribution in [-0.2, 0) is 4.79 Å². The summed E-state index contributed by atoms with van der Waals surface area (Å²) in [5.74, 6) is 1.12. The standard InChI is InChI=1S/C26H23N3O7/c1-34-24-12-7-19(13-25(24)35-2)23-14-22(18-5-8-20(9-6-18)29(32)33)27-28(23)26(31)16-36-21-10-3-17(15-30)4-11-21/h3-13,15,23H,14,16H2,1-2H3. The molecule has 0 saturated carbocycles. The van der Waals surface area contributed by atoms with Crippen molar-refractivity contribution in [3.63, 3.8) is 0 Å². The number of nitrogens with zero attached hydrogens (tertiary/aromatic N) is 3. The molecule has 1 amide bonds. The first-order chi connectivity index (χ1) is 17.4. The Morgan fingerprint density at radius 3 is 2.36 bits per heavy atom. The summed E-state index contributed by atoms with van der Waals surface area (Å²) in [6.45, 7) is -0.277. The highest BCUT2D eigenvalue weighted by Gasteiger charge is 2.34. The highest BCUT2D eigenvalue weighted by Crippen LogP contribution is 2.37. The molecule has 0 aromatic heterocycles. The van der Waals surface area contributed by atoms with Gasteiger partial charge in [-0.1, -0.05) is 6.07 Å². The summed E-state index contributed by atoms with van der Waals surface area (Å²) in [7, 11) is 3.07. The van der Waals surface area contributed by atoms with Crippen molar-refractivity contribution >= 4 is 23.6 Å². The van der Waals surface area contributed by atoms with E-state index in [9.17, 15) is 19.7 Å². The highest BCUT2D eigenvalue weighted by atomic mass is 16.6. The Balaban J connectivity index is 1.61. The van der Waals surface area contributed by atoms with E-state index in [1.54, 1.807) is 48.5 Å². The largest absolute Gasteiger partial charge is 0.493 e. The zero-order chi connectivity index (χ0) is 25.7. The normalized spacial score (nSPS) is 14.7. The van der Waals surface area contributed by atoms with Crippen LogP contribution in [-0.4, -0.2) is 48.7 Å². The Hall–Kier alpha value is -4.73. The number of aldehydes is 1. The molecule has 0 fully saturated rings. The maximum Gasteiger partial charge on any atom is 0.281 e. The number of carbonyl (C=O) groups excluding carboxylic acids is 2. The Kier molecular flexibility index (Phi) is 7.24. The first-order valence-electron chi connectivity index (χ1n) is 11.0. The number of hydrazone groups is 1. The molecule has 0 N–H and O–H groups in total. The van der Waals surface area contributed by atoms with Crippen molar-refractivity contribution in [2.24, 2.45) is 5.10 Å². The number of amides is 1. The molecule has 184 valence electrons. The van der Waals surface area contributed by atoms with Crippen LogP contribution in [0.25, 0.3) is 0 Å². The predicted molar refractivity (Wildman–Crippen MR) is 131 cm³/mol. The van der Waals surface area contributed by atoms with Crippen molar-refractivity contribution in [3.05, 3.63) is 93.5 Å². The molecule has 1 unspecified atom stereocenters. The highest BCUT2D eigenvalue weighted by molar-refractivity contribution is 6.03. The zero-order valence-electron chi connectivity index (χ0n) is 19.6. The lowest BCUT2D eigenvalue weighted by molar-refractivity contribution is -0.384. The van der Waals surface area contributed by atoms with E-state index in [0.717, 1.165) is 11.8 Å². The van der Waals surface area contributed by atoms with E-state index < -0.39 is 11.0 Å². The molecule has 0 radical (unpaired) electrons. The Labute approximate surface area is 206 Å². The van der Waals surface area contributed by atoms with E-state index in [-0.39, 0.29) is 18.2 Å². The van der Waals surface area contributed by atoms with Gasteiger partial charge in [0, 0.05) is 24.1 Å². The number of ether oxygens (including phenoxy) is 3. The van der Waals surface area contributed by atoms with E-state index >= 15 is 0 Å². The van der Waals surface area contributed by atoms with Crippen LogP contribution >= 0.6 is 0 Å². The van der Waals surface area contributed by atoms with Gasteiger partial charge in [-0.25, -0.2) is 5.01 Å². The molecule has 10 heteroatoms. The van der Waals surface area contributed by atoms with Crippen LogP contribution in [0.3, 0.4) is 0 Å². The number of nitro benzene ring substituents is 1. The van der Waals surface area contributed by atoms with E-state index in [0.29, 0.717) is 40.5 Å². The van der Waals surface area contributed by atoms with Crippen LogP contribution in [0.15, 0.2) is 71.8 Å². The summed E-state index contributed by atoms with van der Waals surface area (Å²) in [5.41, 5.74) is 2.52. The number of hydrogen-bond acceptors (Lipinski definition) is 8. The number of hydrogen-bond donors (Lipinski definition) is 0. The summed E-state index contributed by atoms with van der Waals surface area (Å²) in [6.07, 6.45) is 1.11. The van der Waals surface area contributed by atoms with Crippen LogP contribution < -0.4 is 14.2 Å². The van der Waals surface area contributed by atoms with E-state index in [2.05, 4.69) is 5.10 Å². The molecule has 3 aromatic carbocycles. The van der Waals surface area contributed by atoms with Crippen molar-refractivity contribution in [2.75, 3.05) is 20.8 Å². The summed E-state index contributed by atoms with van der Waals surface area (Å²) in [4.78, 5) is 34.6. The fourth-order valence-corrected chi connectivity index (χ4v) is 3.86. The summed E-state index contributed by atoms with van der Waals surface area (Å²) in [5, 5.41) is 16.9. The molecule has 0 spiro atoms. The molecule has 1 heterocycles. The van der Waals surface area contributed by atoms with Crippen LogP contribution in [0.1, 0.15) is 33.9 Å². The maximum absolute atomic E-state index is 13.2.